The molecule has 0 spiro atoms. The Morgan fingerprint density at radius 2 is 2.08 bits per heavy atom. The van der Waals surface area contributed by atoms with Crippen LogP contribution in [0.2, 0.25) is 0 Å². The summed E-state index contributed by atoms with van der Waals surface area (Å²) in [6.45, 7) is 5.39. The Kier molecular flexibility index (Phi) is 6.21. The number of carbonyl (C=O) groups excluding carboxylic acids is 1. The van der Waals surface area contributed by atoms with Crippen LogP contribution in [-0.4, -0.2) is 38.0 Å². The Morgan fingerprint density at radius 1 is 1.35 bits per heavy atom. The van der Waals surface area contributed by atoms with E-state index in [-0.39, 0.29) is 17.9 Å². The molecule has 1 atom stereocenters. The lowest BCUT2D eigenvalue weighted by molar-refractivity contribution is -0.142. The first-order valence-electron chi connectivity index (χ1n) is 8.30. The van der Waals surface area contributed by atoms with Gasteiger partial charge in [-0.25, -0.2) is 9.78 Å². The Bertz CT molecular complexity index is 846. The van der Waals surface area contributed by atoms with Gasteiger partial charge in [0.05, 0.1) is 6.42 Å². The summed E-state index contributed by atoms with van der Waals surface area (Å²) in [7, 11) is 0. The van der Waals surface area contributed by atoms with Gasteiger partial charge in [0.1, 0.15) is 11.9 Å². The third kappa shape index (κ3) is 4.98. The molecule has 0 saturated carbocycles. The van der Waals surface area contributed by atoms with Crippen LogP contribution < -0.4 is 10.9 Å². The van der Waals surface area contributed by atoms with Gasteiger partial charge in [0, 0.05) is 29.2 Å². The zero-order valence-electron chi connectivity index (χ0n) is 14.9. The zero-order valence-corrected chi connectivity index (χ0v) is 14.9. The lowest BCUT2D eigenvalue weighted by Crippen LogP contribution is -2.43. The van der Waals surface area contributed by atoms with Gasteiger partial charge in [0.2, 0.25) is 5.91 Å². The predicted octanol–water partition coefficient (Wildman–Crippen LogP) is 1.30. The van der Waals surface area contributed by atoms with Crippen molar-refractivity contribution in [1.29, 1.82) is 0 Å². The first-order chi connectivity index (χ1) is 12.3. The molecule has 2 heterocycles. The van der Waals surface area contributed by atoms with Crippen molar-refractivity contribution >= 4 is 11.9 Å². The Hall–Kier alpha value is -3.03. The molecule has 2 aromatic rings. The number of pyridine rings is 1. The van der Waals surface area contributed by atoms with Crippen LogP contribution in [0.15, 0.2) is 29.3 Å². The van der Waals surface area contributed by atoms with Gasteiger partial charge >= 0.3 is 5.97 Å². The monoisotopic (exact) mass is 358 g/mol. The fourth-order valence-electron chi connectivity index (χ4n) is 2.56. The number of hydrogen-bond donors (Lipinski definition) is 3. The van der Waals surface area contributed by atoms with Crippen LogP contribution in [0.5, 0.6) is 0 Å². The molecule has 0 aliphatic rings. The van der Waals surface area contributed by atoms with E-state index < -0.39 is 23.5 Å². The average molecular weight is 358 g/mol. The number of aromatic amines is 1. The van der Waals surface area contributed by atoms with Crippen molar-refractivity contribution in [3.05, 3.63) is 46.1 Å². The van der Waals surface area contributed by atoms with Crippen molar-refractivity contribution in [3.63, 3.8) is 0 Å². The summed E-state index contributed by atoms with van der Waals surface area (Å²) in [4.78, 5) is 46.8. The minimum atomic E-state index is -1.09. The number of carbonyl (C=O) groups is 2. The summed E-state index contributed by atoms with van der Waals surface area (Å²) in [6.07, 6.45) is 3.27. The predicted molar refractivity (Wildman–Crippen MR) is 95.6 cm³/mol. The summed E-state index contributed by atoms with van der Waals surface area (Å²) >= 11 is 0. The summed E-state index contributed by atoms with van der Waals surface area (Å²) in [5.74, 6) is -1.14. The van der Waals surface area contributed by atoms with Crippen LogP contribution in [-0.2, 0) is 16.0 Å². The van der Waals surface area contributed by atoms with Crippen LogP contribution in [0.4, 0.5) is 0 Å². The molecule has 0 unspecified atom stereocenters. The van der Waals surface area contributed by atoms with Crippen LogP contribution in [0, 0.1) is 12.8 Å². The molecule has 0 aliphatic carbocycles. The molecule has 2 aromatic heterocycles. The van der Waals surface area contributed by atoms with E-state index in [0.717, 1.165) is 0 Å². The van der Waals surface area contributed by atoms with E-state index in [1.807, 2.05) is 13.8 Å². The molecule has 0 fully saturated rings. The number of carboxylic acids is 1. The highest BCUT2D eigenvalue weighted by Crippen LogP contribution is 2.13. The number of carboxylic acid groups (broad SMARTS) is 1. The second-order valence-corrected chi connectivity index (χ2v) is 6.48. The molecule has 0 bridgehead atoms. The van der Waals surface area contributed by atoms with Crippen molar-refractivity contribution in [2.75, 3.05) is 0 Å². The maximum atomic E-state index is 12.4. The highest BCUT2D eigenvalue weighted by Gasteiger charge is 2.22. The second kappa shape index (κ2) is 8.37. The lowest BCUT2D eigenvalue weighted by atomic mass is 10.0. The van der Waals surface area contributed by atoms with E-state index >= 15 is 0 Å². The number of nitrogens with one attached hydrogen (secondary N) is 2. The number of aryl methyl sites for hydroxylation is 1. The third-order valence-electron chi connectivity index (χ3n) is 3.83. The SMILES string of the molecule is Cc1nc(-c2cccnc2)[nH]c(=O)c1CC(=O)N[C@@H](CC(C)C)C(=O)O. The summed E-state index contributed by atoms with van der Waals surface area (Å²) < 4.78 is 0. The first-order valence-corrected chi connectivity index (χ1v) is 8.30. The number of H-pyrrole nitrogens is 1. The second-order valence-electron chi connectivity index (χ2n) is 6.48. The van der Waals surface area contributed by atoms with Crippen LogP contribution in [0.25, 0.3) is 11.4 Å². The first kappa shape index (κ1) is 19.3. The van der Waals surface area contributed by atoms with E-state index in [1.54, 1.807) is 31.5 Å². The van der Waals surface area contributed by atoms with E-state index in [2.05, 4.69) is 20.3 Å². The van der Waals surface area contributed by atoms with E-state index in [0.29, 0.717) is 23.5 Å². The molecular formula is C18H22N4O4. The van der Waals surface area contributed by atoms with Gasteiger partial charge in [-0.1, -0.05) is 13.8 Å². The van der Waals surface area contributed by atoms with Crippen molar-refractivity contribution in [1.82, 2.24) is 20.3 Å². The molecule has 0 aliphatic heterocycles. The number of amides is 1. The molecule has 3 N–H and O–H groups in total. The van der Waals surface area contributed by atoms with Crippen LogP contribution >= 0.6 is 0 Å². The van der Waals surface area contributed by atoms with Gasteiger partial charge in [0.15, 0.2) is 0 Å². The lowest BCUT2D eigenvalue weighted by Gasteiger charge is -2.16. The molecule has 8 nitrogen and oxygen atoms in total. The normalized spacial score (nSPS) is 12.0. The smallest absolute Gasteiger partial charge is 0.326 e. The van der Waals surface area contributed by atoms with E-state index in [4.69, 9.17) is 0 Å². The number of nitrogens with zero attached hydrogens (tertiary/aromatic N) is 2. The number of aliphatic carboxylic acids is 1. The number of rotatable bonds is 7. The number of aromatic nitrogens is 3. The van der Waals surface area contributed by atoms with Crippen molar-refractivity contribution in [2.24, 2.45) is 5.92 Å². The molecule has 0 saturated heterocycles. The Balaban J connectivity index is 2.18. The average Bonchev–Trinajstić information content (AvgIpc) is 2.57. The minimum Gasteiger partial charge on any atom is -0.480 e. The van der Waals surface area contributed by atoms with Crippen molar-refractivity contribution in [2.45, 2.75) is 39.7 Å². The molecular weight excluding hydrogens is 336 g/mol. The summed E-state index contributed by atoms with van der Waals surface area (Å²) in [5, 5.41) is 11.7. The molecule has 0 aromatic carbocycles. The standard InChI is InChI=1S/C18H22N4O4/c1-10(2)7-14(18(25)26)21-15(23)8-13-11(3)20-16(22-17(13)24)12-5-4-6-19-9-12/h4-6,9-10,14H,7-8H2,1-3H3,(H,21,23)(H,25,26)(H,20,22,24)/t14-/m0/s1. The maximum absolute atomic E-state index is 12.4. The van der Waals surface area contributed by atoms with E-state index in [9.17, 15) is 19.5 Å². The molecule has 0 radical (unpaired) electrons. The minimum absolute atomic E-state index is 0.113. The van der Waals surface area contributed by atoms with Gasteiger partial charge in [-0.2, -0.15) is 0 Å². The topological polar surface area (TPSA) is 125 Å². The molecule has 138 valence electrons. The van der Waals surface area contributed by atoms with Gasteiger partial charge < -0.3 is 15.4 Å². The Labute approximate surface area is 150 Å². The molecule has 1 amide bonds. The highest BCUT2D eigenvalue weighted by atomic mass is 16.4. The third-order valence-corrected chi connectivity index (χ3v) is 3.83. The maximum Gasteiger partial charge on any atom is 0.326 e. The van der Waals surface area contributed by atoms with Crippen molar-refractivity contribution < 1.29 is 14.7 Å². The largest absolute Gasteiger partial charge is 0.480 e. The van der Waals surface area contributed by atoms with E-state index in [1.165, 1.54) is 0 Å². The molecule has 2 rings (SSSR count). The summed E-state index contributed by atoms with van der Waals surface area (Å²) in [6, 6.07) is 2.51. The van der Waals surface area contributed by atoms with Gasteiger partial charge in [-0.15, -0.1) is 0 Å². The fraction of sp³-hybridized carbons (Fsp3) is 0.389. The Morgan fingerprint density at radius 3 is 2.62 bits per heavy atom. The molecule has 8 heteroatoms. The molecule has 26 heavy (non-hydrogen) atoms. The van der Waals surface area contributed by atoms with Gasteiger partial charge in [-0.05, 0) is 31.4 Å². The highest BCUT2D eigenvalue weighted by molar-refractivity contribution is 5.84. The quantitative estimate of drug-likeness (QED) is 0.685. The van der Waals surface area contributed by atoms with Gasteiger partial charge in [0.25, 0.3) is 5.56 Å². The summed E-state index contributed by atoms with van der Waals surface area (Å²) in [5.41, 5.74) is 0.858. The van der Waals surface area contributed by atoms with Gasteiger partial charge in [-0.3, -0.25) is 14.6 Å². The van der Waals surface area contributed by atoms with Crippen molar-refractivity contribution in [3.8, 4) is 11.4 Å². The van der Waals surface area contributed by atoms with Crippen LogP contribution in [0.3, 0.4) is 0 Å². The zero-order chi connectivity index (χ0) is 19.3. The fourth-order valence-corrected chi connectivity index (χ4v) is 2.56. The number of hydrogen-bond acceptors (Lipinski definition) is 5. The van der Waals surface area contributed by atoms with Crippen LogP contribution in [0.1, 0.15) is 31.5 Å².